The van der Waals surface area contributed by atoms with Crippen molar-refractivity contribution in [1.29, 1.82) is 0 Å². The molecule has 1 aromatic carbocycles. The number of nitrogen functional groups attached to an aromatic ring is 1. The number of benzene rings is 1. The molecule has 1 aliphatic heterocycles. The number of nitrogens with two attached hydrogens (primary N) is 1. The number of nitrogens with one attached hydrogen (secondary N) is 1. The molecule has 0 spiro atoms. The summed E-state index contributed by atoms with van der Waals surface area (Å²) in [6.07, 6.45) is 2.04. The van der Waals surface area contributed by atoms with Crippen molar-refractivity contribution >= 4 is 11.6 Å². The van der Waals surface area contributed by atoms with Crippen molar-refractivity contribution in [3.05, 3.63) is 29.3 Å². The molecule has 2 rings (SSSR count). The quantitative estimate of drug-likeness (QED) is 0.801. The fourth-order valence-corrected chi connectivity index (χ4v) is 2.17. The standard InChI is InChI=1S/C14H20N2O2/c1-10-2-3-12(13(15)8-10)14(17)16-9-11-4-6-18-7-5-11/h2-3,8,11H,4-7,9,15H2,1H3,(H,16,17). The van der Waals surface area contributed by atoms with E-state index in [2.05, 4.69) is 5.32 Å². The van der Waals surface area contributed by atoms with Gasteiger partial charge in [-0.3, -0.25) is 4.79 Å². The van der Waals surface area contributed by atoms with Gasteiger partial charge in [0.2, 0.25) is 0 Å². The Balaban J connectivity index is 1.90. The SMILES string of the molecule is Cc1ccc(C(=O)NCC2CCOCC2)c(N)c1. The van der Waals surface area contributed by atoms with Gasteiger partial charge in [0.1, 0.15) is 0 Å². The van der Waals surface area contributed by atoms with Crippen molar-refractivity contribution in [3.63, 3.8) is 0 Å². The molecule has 0 aromatic heterocycles. The van der Waals surface area contributed by atoms with Gasteiger partial charge < -0.3 is 15.8 Å². The normalized spacial score (nSPS) is 16.5. The molecule has 0 bridgehead atoms. The lowest BCUT2D eigenvalue weighted by Crippen LogP contribution is -2.32. The zero-order valence-electron chi connectivity index (χ0n) is 10.7. The zero-order chi connectivity index (χ0) is 13.0. The Bertz CT molecular complexity index is 426. The summed E-state index contributed by atoms with van der Waals surface area (Å²) in [6.45, 7) is 4.26. The summed E-state index contributed by atoms with van der Waals surface area (Å²) in [7, 11) is 0. The van der Waals surface area contributed by atoms with Crippen molar-refractivity contribution in [2.24, 2.45) is 5.92 Å². The first-order valence-electron chi connectivity index (χ1n) is 6.39. The van der Waals surface area contributed by atoms with Gasteiger partial charge in [-0.1, -0.05) is 6.07 Å². The van der Waals surface area contributed by atoms with Crippen LogP contribution < -0.4 is 11.1 Å². The van der Waals surface area contributed by atoms with Crippen LogP contribution in [0.2, 0.25) is 0 Å². The lowest BCUT2D eigenvalue weighted by molar-refractivity contribution is 0.0643. The molecule has 1 aromatic rings. The lowest BCUT2D eigenvalue weighted by atomic mass is 10.0. The van der Waals surface area contributed by atoms with E-state index in [0.717, 1.165) is 31.6 Å². The van der Waals surface area contributed by atoms with Gasteiger partial charge in [-0.05, 0) is 43.4 Å². The van der Waals surface area contributed by atoms with E-state index >= 15 is 0 Å². The lowest BCUT2D eigenvalue weighted by Gasteiger charge is -2.22. The number of anilines is 1. The van der Waals surface area contributed by atoms with Crippen molar-refractivity contribution in [2.45, 2.75) is 19.8 Å². The molecule has 1 heterocycles. The topological polar surface area (TPSA) is 64.3 Å². The third kappa shape index (κ3) is 3.23. The molecule has 0 saturated carbocycles. The number of carbonyl (C=O) groups is 1. The van der Waals surface area contributed by atoms with E-state index in [1.807, 2.05) is 19.1 Å². The third-order valence-corrected chi connectivity index (χ3v) is 3.34. The van der Waals surface area contributed by atoms with Crippen LogP contribution >= 0.6 is 0 Å². The second-order valence-electron chi connectivity index (χ2n) is 4.86. The minimum absolute atomic E-state index is 0.0843. The smallest absolute Gasteiger partial charge is 0.253 e. The van der Waals surface area contributed by atoms with E-state index in [9.17, 15) is 4.79 Å². The predicted octanol–water partition coefficient (Wildman–Crippen LogP) is 1.73. The molecule has 1 aliphatic rings. The van der Waals surface area contributed by atoms with Gasteiger partial charge >= 0.3 is 0 Å². The van der Waals surface area contributed by atoms with E-state index < -0.39 is 0 Å². The Morgan fingerprint density at radius 1 is 1.44 bits per heavy atom. The Morgan fingerprint density at radius 3 is 2.83 bits per heavy atom. The van der Waals surface area contributed by atoms with E-state index in [1.54, 1.807) is 6.07 Å². The Labute approximate surface area is 108 Å². The van der Waals surface area contributed by atoms with Crippen molar-refractivity contribution in [1.82, 2.24) is 5.32 Å². The van der Waals surface area contributed by atoms with Crippen LogP contribution in [-0.2, 0) is 4.74 Å². The molecule has 0 aliphatic carbocycles. The van der Waals surface area contributed by atoms with E-state index in [-0.39, 0.29) is 5.91 Å². The van der Waals surface area contributed by atoms with Crippen LogP contribution in [0.3, 0.4) is 0 Å². The highest BCUT2D eigenvalue weighted by molar-refractivity contribution is 5.99. The van der Waals surface area contributed by atoms with Crippen LogP contribution in [0.15, 0.2) is 18.2 Å². The zero-order valence-corrected chi connectivity index (χ0v) is 10.7. The fraction of sp³-hybridized carbons (Fsp3) is 0.500. The van der Waals surface area contributed by atoms with Gasteiger partial charge in [0, 0.05) is 25.4 Å². The average molecular weight is 248 g/mol. The molecular weight excluding hydrogens is 228 g/mol. The van der Waals surface area contributed by atoms with E-state index in [0.29, 0.717) is 23.7 Å². The van der Waals surface area contributed by atoms with Crippen LogP contribution in [-0.4, -0.2) is 25.7 Å². The summed E-state index contributed by atoms with van der Waals surface area (Å²) in [5, 5.41) is 2.95. The maximum Gasteiger partial charge on any atom is 0.253 e. The molecule has 3 N–H and O–H groups in total. The van der Waals surface area contributed by atoms with Gasteiger partial charge in [0.25, 0.3) is 5.91 Å². The molecule has 1 saturated heterocycles. The summed E-state index contributed by atoms with van der Waals surface area (Å²) in [6, 6.07) is 5.51. The molecule has 0 unspecified atom stereocenters. The first-order valence-corrected chi connectivity index (χ1v) is 6.39. The number of hydrogen-bond acceptors (Lipinski definition) is 3. The van der Waals surface area contributed by atoms with Crippen LogP contribution in [0, 0.1) is 12.8 Å². The predicted molar refractivity (Wildman–Crippen MR) is 71.5 cm³/mol. The second-order valence-corrected chi connectivity index (χ2v) is 4.86. The molecule has 4 heteroatoms. The van der Waals surface area contributed by atoms with Gasteiger partial charge in [-0.25, -0.2) is 0 Å². The fourth-order valence-electron chi connectivity index (χ4n) is 2.17. The highest BCUT2D eigenvalue weighted by atomic mass is 16.5. The van der Waals surface area contributed by atoms with Gasteiger partial charge in [0.15, 0.2) is 0 Å². The Kier molecular flexibility index (Phi) is 4.20. The number of rotatable bonds is 3. The molecule has 4 nitrogen and oxygen atoms in total. The van der Waals surface area contributed by atoms with Gasteiger partial charge in [-0.2, -0.15) is 0 Å². The Morgan fingerprint density at radius 2 is 2.17 bits per heavy atom. The van der Waals surface area contributed by atoms with Crippen molar-refractivity contribution in [2.75, 3.05) is 25.5 Å². The molecule has 1 fully saturated rings. The summed E-state index contributed by atoms with van der Waals surface area (Å²) < 4.78 is 5.29. The molecule has 1 amide bonds. The maximum atomic E-state index is 12.0. The van der Waals surface area contributed by atoms with Gasteiger partial charge in [-0.15, -0.1) is 0 Å². The van der Waals surface area contributed by atoms with Crippen LogP contribution in [0.5, 0.6) is 0 Å². The summed E-state index contributed by atoms with van der Waals surface area (Å²) >= 11 is 0. The largest absolute Gasteiger partial charge is 0.398 e. The number of aryl methyl sites for hydroxylation is 1. The molecule has 18 heavy (non-hydrogen) atoms. The first kappa shape index (κ1) is 12.9. The van der Waals surface area contributed by atoms with Crippen molar-refractivity contribution < 1.29 is 9.53 Å². The number of hydrogen-bond donors (Lipinski definition) is 2. The van der Waals surface area contributed by atoms with Gasteiger partial charge in [0.05, 0.1) is 5.56 Å². The molecular formula is C14H20N2O2. The summed E-state index contributed by atoms with van der Waals surface area (Å²) in [5.41, 5.74) is 8.02. The molecule has 0 atom stereocenters. The Hall–Kier alpha value is -1.55. The highest BCUT2D eigenvalue weighted by Crippen LogP contribution is 2.16. The van der Waals surface area contributed by atoms with Crippen molar-refractivity contribution in [3.8, 4) is 0 Å². The highest BCUT2D eigenvalue weighted by Gasteiger charge is 2.16. The minimum atomic E-state index is -0.0843. The molecule has 98 valence electrons. The van der Waals surface area contributed by atoms with E-state index in [4.69, 9.17) is 10.5 Å². The average Bonchev–Trinajstić information content (AvgIpc) is 2.37. The van der Waals surface area contributed by atoms with Crippen LogP contribution in [0.1, 0.15) is 28.8 Å². The maximum absolute atomic E-state index is 12.0. The van der Waals surface area contributed by atoms with E-state index in [1.165, 1.54) is 0 Å². The third-order valence-electron chi connectivity index (χ3n) is 3.34. The number of amides is 1. The second kappa shape index (κ2) is 5.87. The summed E-state index contributed by atoms with van der Waals surface area (Å²) in [5.74, 6) is 0.438. The van der Waals surface area contributed by atoms with Crippen LogP contribution in [0.25, 0.3) is 0 Å². The summed E-state index contributed by atoms with van der Waals surface area (Å²) in [4.78, 5) is 12.0. The first-order chi connectivity index (χ1) is 8.66. The van der Waals surface area contributed by atoms with Crippen LogP contribution in [0.4, 0.5) is 5.69 Å². The monoisotopic (exact) mass is 248 g/mol. The minimum Gasteiger partial charge on any atom is -0.398 e. The number of ether oxygens (including phenoxy) is 1. The number of carbonyl (C=O) groups excluding carboxylic acids is 1. The molecule has 0 radical (unpaired) electrons.